The molecule has 2 unspecified atom stereocenters. The average molecular weight is 424 g/mol. The lowest BCUT2D eigenvalue weighted by atomic mass is 9.95. The molecular formula is C24H28N2O5. The summed E-state index contributed by atoms with van der Waals surface area (Å²) in [6.07, 6.45) is 0.188. The van der Waals surface area contributed by atoms with Crippen molar-refractivity contribution in [3.05, 3.63) is 48.0 Å². The van der Waals surface area contributed by atoms with Gasteiger partial charge in [0.15, 0.2) is 11.5 Å². The summed E-state index contributed by atoms with van der Waals surface area (Å²) in [5.41, 5.74) is 1.73. The third-order valence-corrected chi connectivity index (χ3v) is 5.77. The van der Waals surface area contributed by atoms with E-state index in [0.29, 0.717) is 31.3 Å². The summed E-state index contributed by atoms with van der Waals surface area (Å²) in [5.74, 6) is 1.70. The van der Waals surface area contributed by atoms with Crippen LogP contribution in [0, 0.1) is 11.8 Å². The van der Waals surface area contributed by atoms with Crippen LogP contribution in [0.5, 0.6) is 17.2 Å². The van der Waals surface area contributed by atoms with Gasteiger partial charge in [-0.3, -0.25) is 9.59 Å². The van der Waals surface area contributed by atoms with E-state index in [2.05, 4.69) is 19.2 Å². The number of ether oxygens (including phenoxy) is 3. The van der Waals surface area contributed by atoms with Gasteiger partial charge in [-0.15, -0.1) is 0 Å². The Morgan fingerprint density at radius 3 is 2.48 bits per heavy atom. The van der Waals surface area contributed by atoms with Crippen molar-refractivity contribution in [2.24, 2.45) is 11.8 Å². The molecule has 2 amide bonds. The minimum Gasteiger partial charge on any atom is -0.497 e. The molecule has 0 saturated carbocycles. The number of amides is 2. The predicted octanol–water partition coefficient (Wildman–Crippen LogP) is 3.33. The van der Waals surface area contributed by atoms with Gasteiger partial charge in [0.25, 0.3) is 0 Å². The first-order valence-corrected chi connectivity index (χ1v) is 10.6. The van der Waals surface area contributed by atoms with E-state index < -0.39 is 5.92 Å². The third-order valence-electron chi connectivity index (χ3n) is 5.77. The van der Waals surface area contributed by atoms with E-state index in [9.17, 15) is 9.59 Å². The summed E-state index contributed by atoms with van der Waals surface area (Å²) in [5, 5.41) is 3.15. The van der Waals surface area contributed by atoms with Crippen molar-refractivity contribution >= 4 is 17.5 Å². The monoisotopic (exact) mass is 424 g/mol. The Hall–Kier alpha value is -3.22. The normalized spacial score (nSPS) is 18.8. The molecule has 0 aromatic heterocycles. The van der Waals surface area contributed by atoms with E-state index >= 15 is 0 Å². The maximum Gasteiger partial charge on any atom is 0.227 e. The van der Waals surface area contributed by atoms with E-state index in [1.807, 2.05) is 36.4 Å². The van der Waals surface area contributed by atoms with Crippen LogP contribution in [0.15, 0.2) is 42.5 Å². The number of methoxy groups -OCH3 is 1. The van der Waals surface area contributed by atoms with E-state index in [-0.39, 0.29) is 30.2 Å². The summed E-state index contributed by atoms with van der Waals surface area (Å²) >= 11 is 0. The molecule has 7 heteroatoms. The lowest BCUT2D eigenvalue weighted by Crippen LogP contribution is -2.37. The van der Waals surface area contributed by atoms with Gasteiger partial charge < -0.3 is 24.4 Å². The number of nitrogens with zero attached hydrogens (tertiary/aromatic N) is 1. The van der Waals surface area contributed by atoms with E-state index in [4.69, 9.17) is 14.2 Å². The smallest absolute Gasteiger partial charge is 0.227 e. The Morgan fingerprint density at radius 1 is 1.10 bits per heavy atom. The molecule has 2 aromatic rings. The largest absolute Gasteiger partial charge is 0.497 e. The van der Waals surface area contributed by atoms with Crippen LogP contribution in [0.2, 0.25) is 0 Å². The van der Waals surface area contributed by atoms with Gasteiger partial charge in [-0.1, -0.05) is 26.0 Å². The number of hydrogen-bond donors (Lipinski definition) is 1. The number of carbonyl (C=O) groups excluding carboxylic acids is 2. The highest BCUT2D eigenvalue weighted by molar-refractivity contribution is 6.00. The third kappa shape index (κ3) is 4.45. The van der Waals surface area contributed by atoms with Crippen LogP contribution in [-0.2, 0) is 9.59 Å². The molecule has 7 nitrogen and oxygen atoms in total. The quantitative estimate of drug-likeness (QED) is 0.770. The fourth-order valence-electron chi connectivity index (χ4n) is 4.05. The molecule has 2 aromatic carbocycles. The molecule has 1 saturated heterocycles. The van der Waals surface area contributed by atoms with E-state index in [0.717, 1.165) is 17.0 Å². The standard InChI is InChI=1S/C24H28N2O5/c1-15(2)23(16-4-7-19(29-3)8-5-16)25-24(28)17-12-22(27)26(14-17)18-6-9-20-21(13-18)31-11-10-30-20/h4-9,13,15,17,23H,10-12,14H2,1-3H3,(H,25,28). The summed E-state index contributed by atoms with van der Waals surface area (Å²) in [4.78, 5) is 27.4. The maximum atomic E-state index is 13.1. The van der Waals surface area contributed by atoms with Gasteiger partial charge in [-0.05, 0) is 35.7 Å². The first-order valence-electron chi connectivity index (χ1n) is 10.6. The van der Waals surface area contributed by atoms with Crippen molar-refractivity contribution in [3.8, 4) is 17.2 Å². The fraction of sp³-hybridized carbons (Fsp3) is 0.417. The highest BCUT2D eigenvalue weighted by Gasteiger charge is 2.36. The van der Waals surface area contributed by atoms with Crippen molar-refractivity contribution in [1.29, 1.82) is 0 Å². The summed E-state index contributed by atoms with van der Waals surface area (Å²) < 4.78 is 16.4. The first kappa shape index (κ1) is 21.0. The minimum atomic E-state index is -0.403. The van der Waals surface area contributed by atoms with Crippen molar-refractivity contribution in [2.75, 3.05) is 31.8 Å². The molecule has 2 atom stereocenters. The fourth-order valence-corrected chi connectivity index (χ4v) is 4.05. The molecule has 0 spiro atoms. The summed E-state index contributed by atoms with van der Waals surface area (Å²) in [6, 6.07) is 13.0. The zero-order chi connectivity index (χ0) is 22.0. The molecule has 2 heterocycles. The highest BCUT2D eigenvalue weighted by Crippen LogP contribution is 2.36. The van der Waals surface area contributed by atoms with Crippen LogP contribution < -0.4 is 24.4 Å². The molecule has 164 valence electrons. The van der Waals surface area contributed by atoms with Crippen LogP contribution >= 0.6 is 0 Å². The van der Waals surface area contributed by atoms with Crippen LogP contribution in [0.3, 0.4) is 0 Å². The number of benzene rings is 2. The molecule has 2 aliphatic rings. The Labute approximate surface area is 182 Å². The van der Waals surface area contributed by atoms with Crippen molar-refractivity contribution < 1.29 is 23.8 Å². The van der Waals surface area contributed by atoms with Gasteiger partial charge in [0.1, 0.15) is 19.0 Å². The zero-order valence-corrected chi connectivity index (χ0v) is 18.1. The van der Waals surface area contributed by atoms with Crippen LogP contribution in [0.25, 0.3) is 0 Å². The van der Waals surface area contributed by atoms with E-state index in [1.54, 1.807) is 18.1 Å². The molecule has 0 bridgehead atoms. The predicted molar refractivity (Wildman–Crippen MR) is 117 cm³/mol. The lowest BCUT2D eigenvalue weighted by molar-refractivity contribution is -0.127. The SMILES string of the molecule is COc1ccc(C(NC(=O)C2CC(=O)N(c3ccc4c(c3)OCCO4)C2)C(C)C)cc1. The van der Waals surface area contributed by atoms with Crippen LogP contribution in [-0.4, -0.2) is 38.7 Å². The molecule has 1 N–H and O–H groups in total. The van der Waals surface area contributed by atoms with Crippen LogP contribution in [0.1, 0.15) is 31.9 Å². The molecule has 4 rings (SSSR count). The second-order valence-electron chi connectivity index (χ2n) is 8.24. The second-order valence-corrected chi connectivity index (χ2v) is 8.24. The molecule has 0 radical (unpaired) electrons. The van der Waals surface area contributed by atoms with Crippen molar-refractivity contribution in [3.63, 3.8) is 0 Å². The minimum absolute atomic E-state index is 0.0672. The van der Waals surface area contributed by atoms with Gasteiger partial charge in [0, 0.05) is 24.7 Å². The summed E-state index contributed by atoms with van der Waals surface area (Å²) in [7, 11) is 1.63. The van der Waals surface area contributed by atoms with Gasteiger partial charge in [0.2, 0.25) is 11.8 Å². The number of hydrogen-bond acceptors (Lipinski definition) is 5. The number of carbonyl (C=O) groups is 2. The highest BCUT2D eigenvalue weighted by atomic mass is 16.6. The Bertz CT molecular complexity index is 957. The Kier molecular flexibility index (Phi) is 6.02. The number of rotatable bonds is 6. The molecule has 1 fully saturated rings. The number of fused-ring (bicyclic) bond motifs is 1. The average Bonchev–Trinajstić information content (AvgIpc) is 3.18. The molecular weight excluding hydrogens is 396 g/mol. The topological polar surface area (TPSA) is 77.1 Å². The molecule has 31 heavy (non-hydrogen) atoms. The van der Waals surface area contributed by atoms with Gasteiger partial charge >= 0.3 is 0 Å². The Morgan fingerprint density at radius 2 is 1.81 bits per heavy atom. The number of nitrogens with one attached hydrogen (secondary N) is 1. The lowest BCUT2D eigenvalue weighted by Gasteiger charge is -2.25. The van der Waals surface area contributed by atoms with Gasteiger partial charge in [-0.25, -0.2) is 0 Å². The summed E-state index contributed by atoms with van der Waals surface area (Å²) in [6.45, 7) is 5.48. The molecule has 0 aliphatic carbocycles. The van der Waals surface area contributed by atoms with Crippen LogP contribution in [0.4, 0.5) is 5.69 Å². The number of anilines is 1. The van der Waals surface area contributed by atoms with Crippen molar-refractivity contribution in [2.45, 2.75) is 26.3 Å². The van der Waals surface area contributed by atoms with E-state index in [1.165, 1.54) is 0 Å². The molecule has 2 aliphatic heterocycles. The second kappa shape index (κ2) is 8.88. The van der Waals surface area contributed by atoms with Crippen molar-refractivity contribution in [1.82, 2.24) is 5.32 Å². The van der Waals surface area contributed by atoms with Gasteiger partial charge in [-0.2, -0.15) is 0 Å². The first-order chi connectivity index (χ1) is 15.0. The Balaban J connectivity index is 1.45. The maximum absolute atomic E-state index is 13.1. The van der Waals surface area contributed by atoms with Gasteiger partial charge in [0.05, 0.1) is 19.1 Å². The zero-order valence-electron chi connectivity index (χ0n) is 18.1.